The minimum absolute atomic E-state index is 0.0467. The van der Waals surface area contributed by atoms with E-state index in [-0.39, 0.29) is 16.7 Å². The molecule has 0 atom stereocenters. The summed E-state index contributed by atoms with van der Waals surface area (Å²) in [5.41, 5.74) is -0.190. The van der Waals surface area contributed by atoms with Gasteiger partial charge >= 0.3 is 5.97 Å². The molecule has 0 bridgehead atoms. The quantitative estimate of drug-likeness (QED) is 0.854. The Morgan fingerprint density at radius 3 is 2.58 bits per heavy atom. The molecule has 0 aliphatic heterocycles. The predicted molar refractivity (Wildman–Crippen MR) is 72.1 cm³/mol. The van der Waals surface area contributed by atoms with Crippen LogP contribution in [0.2, 0.25) is 0 Å². The first-order chi connectivity index (χ1) is 8.75. The van der Waals surface area contributed by atoms with Gasteiger partial charge in [-0.2, -0.15) is 0 Å². The Balaban J connectivity index is 2.83. The number of pyridine rings is 1. The summed E-state index contributed by atoms with van der Waals surface area (Å²) in [6.07, 6.45) is 1.41. The van der Waals surface area contributed by atoms with E-state index in [0.717, 1.165) is 0 Å². The zero-order valence-electron chi connectivity index (χ0n) is 11.7. The smallest absolute Gasteiger partial charge is 0.338 e. The van der Waals surface area contributed by atoms with Crippen molar-refractivity contribution in [1.29, 1.82) is 0 Å². The van der Waals surface area contributed by atoms with Gasteiger partial charge in [-0.3, -0.25) is 9.78 Å². The number of hydrogen-bond acceptors (Lipinski definition) is 3. The molecule has 1 heterocycles. The van der Waals surface area contributed by atoms with Crippen LogP contribution in [0.5, 0.6) is 0 Å². The minimum atomic E-state index is -1.15. The van der Waals surface area contributed by atoms with Crippen molar-refractivity contribution in [3.63, 3.8) is 0 Å². The van der Waals surface area contributed by atoms with E-state index in [2.05, 4.69) is 38.0 Å². The van der Waals surface area contributed by atoms with Gasteiger partial charge in [0.05, 0.1) is 5.56 Å². The van der Waals surface area contributed by atoms with Crippen LogP contribution in [-0.2, 0) is 0 Å². The van der Waals surface area contributed by atoms with Crippen LogP contribution in [0.3, 0.4) is 0 Å². The summed E-state index contributed by atoms with van der Waals surface area (Å²) in [6.45, 7) is 8.73. The molecule has 0 aliphatic carbocycles. The van der Waals surface area contributed by atoms with Crippen molar-refractivity contribution in [2.75, 3.05) is 6.54 Å². The fraction of sp³-hybridized carbons (Fsp3) is 0.500. The second-order valence-electron chi connectivity index (χ2n) is 5.53. The number of carboxylic acid groups (broad SMARTS) is 1. The highest BCUT2D eigenvalue weighted by molar-refractivity contribution is 6.03. The Morgan fingerprint density at radius 2 is 2.05 bits per heavy atom. The predicted octanol–water partition coefficient (Wildman–Crippen LogP) is 2.19. The van der Waals surface area contributed by atoms with E-state index in [1.807, 2.05) is 0 Å². The average Bonchev–Trinajstić information content (AvgIpc) is 2.35. The molecule has 19 heavy (non-hydrogen) atoms. The number of aromatic carboxylic acids is 1. The minimum Gasteiger partial charge on any atom is -0.478 e. The van der Waals surface area contributed by atoms with Crippen molar-refractivity contribution < 1.29 is 14.7 Å². The molecule has 0 aliphatic rings. The molecule has 1 amide bonds. The van der Waals surface area contributed by atoms with Gasteiger partial charge in [0.2, 0.25) is 0 Å². The van der Waals surface area contributed by atoms with Gasteiger partial charge in [-0.25, -0.2) is 4.79 Å². The van der Waals surface area contributed by atoms with Crippen LogP contribution in [0.1, 0.15) is 48.5 Å². The summed E-state index contributed by atoms with van der Waals surface area (Å²) in [7, 11) is 0. The van der Waals surface area contributed by atoms with Crippen molar-refractivity contribution in [3.8, 4) is 0 Å². The third-order valence-electron chi connectivity index (χ3n) is 3.52. The van der Waals surface area contributed by atoms with Crippen LogP contribution in [0.25, 0.3) is 0 Å². The van der Waals surface area contributed by atoms with E-state index in [0.29, 0.717) is 12.5 Å². The van der Waals surface area contributed by atoms with Crippen molar-refractivity contribution in [3.05, 3.63) is 29.6 Å². The molecule has 0 spiro atoms. The number of carboxylic acids is 1. The molecule has 1 rings (SSSR count). The molecule has 0 aromatic carbocycles. The Kier molecular flexibility index (Phi) is 4.64. The summed E-state index contributed by atoms with van der Waals surface area (Å²) >= 11 is 0. The summed E-state index contributed by atoms with van der Waals surface area (Å²) in [5, 5.41) is 11.8. The maximum Gasteiger partial charge on any atom is 0.338 e. The molecule has 104 valence electrons. The third-order valence-corrected chi connectivity index (χ3v) is 3.52. The Hall–Kier alpha value is -1.91. The van der Waals surface area contributed by atoms with Crippen LogP contribution in [0.4, 0.5) is 0 Å². The van der Waals surface area contributed by atoms with Crippen LogP contribution < -0.4 is 5.32 Å². The molecule has 0 saturated carbocycles. The van der Waals surface area contributed by atoms with E-state index in [1.165, 1.54) is 18.3 Å². The van der Waals surface area contributed by atoms with Crippen LogP contribution in [-0.4, -0.2) is 28.5 Å². The highest BCUT2D eigenvalue weighted by atomic mass is 16.4. The lowest BCUT2D eigenvalue weighted by Crippen LogP contribution is -2.37. The molecule has 5 heteroatoms. The lowest BCUT2D eigenvalue weighted by molar-refractivity contribution is 0.0689. The summed E-state index contributed by atoms with van der Waals surface area (Å²) < 4.78 is 0. The van der Waals surface area contributed by atoms with E-state index in [4.69, 9.17) is 5.11 Å². The summed E-state index contributed by atoms with van der Waals surface area (Å²) in [5.74, 6) is -1.21. The zero-order chi connectivity index (χ0) is 14.6. The number of amides is 1. The largest absolute Gasteiger partial charge is 0.478 e. The normalized spacial score (nSPS) is 11.4. The van der Waals surface area contributed by atoms with E-state index in [9.17, 15) is 9.59 Å². The van der Waals surface area contributed by atoms with E-state index < -0.39 is 11.9 Å². The molecule has 0 saturated heterocycles. The first kappa shape index (κ1) is 15.1. The highest BCUT2D eigenvalue weighted by Crippen LogP contribution is 2.24. The maximum atomic E-state index is 12.0. The molecular weight excluding hydrogens is 244 g/mol. The number of rotatable bonds is 5. The van der Waals surface area contributed by atoms with Gasteiger partial charge in [-0.15, -0.1) is 0 Å². The zero-order valence-corrected chi connectivity index (χ0v) is 11.7. The topological polar surface area (TPSA) is 79.3 Å². The van der Waals surface area contributed by atoms with Gasteiger partial charge in [0.15, 0.2) is 0 Å². The monoisotopic (exact) mass is 264 g/mol. The Labute approximate surface area is 113 Å². The number of aromatic nitrogens is 1. The maximum absolute atomic E-state index is 12.0. The Bertz CT molecular complexity index is 481. The Morgan fingerprint density at radius 1 is 1.42 bits per heavy atom. The van der Waals surface area contributed by atoms with Crippen LogP contribution in [0.15, 0.2) is 18.3 Å². The molecule has 0 fully saturated rings. The molecule has 2 N–H and O–H groups in total. The number of carbonyl (C=O) groups is 2. The van der Waals surface area contributed by atoms with Gasteiger partial charge < -0.3 is 10.4 Å². The third kappa shape index (κ3) is 3.77. The van der Waals surface area contributed by atoms with Gasteiger partial charge in [-0.05, 0) is 23.5 Å². The lowest BCUT2D eigenvalue weighted by atomic mass is 9.81. The SMILES string of the molecule is CC(C)C(C)(C)CNC(=O)c1ncccc1C(=O)O. The molecule has 0 radical (unpaired) electrons. The fourth-order valence-electron chi connectivity index (χ4n) is 1.35. The van der Waals surface area contributed by atoms with Gasteiger partial charge in [0.25, 0.3) is 5.91 Å². The molecule has 1 aromatic rings. The molecule has 1 aromatic heterocycles. The summed E-state index contributed by atoms with van der Waals surface area (Å²) in [6, 6.07) is 2.87. The lowest BCUT2D eigenvalue weighted by Gasteiger charge is -2.29. The summed E-state index contributed by atoms with van der Waals surface area (Å²) in [4.78, 5) is 26.9. The van der Waals surface area contributed by atoms with Crippen molar-refractivity contribution in [2.24, 2.45) is 11.3 Å². The number of nitrogens with one attached hydrogen (secondary N) is 1. The second-order valence-corrected chi connectivity index (χ2v) is 5.53. The van der Waals surface area contributed by atoms with Crippen molar-refractivity contribution >= 4 is 11.9 Å². The molecular formula is C14H20N2O3. The van der Waals surface area contributed by atoms with Crippen molar-refractivity contribution in [1.82, 2.24) is 10.3 Å². The number of nitrogens with zero attached hydrogens (tertiary/aromatic N) is 1. The fourth-order valence-corrected chi connectivity index (χ4v) is 1.35. The van der Waals surface area contributed by atoms with E-state index in [1.54, 1.807) is 0 Å². The van der Waals surface area contributed by atoms with Crippen molar-refractivity contribution in [2.45, 2.75) is 27.7 Å². The first-order valence-corrected chi connectivity index (χ1v) is 6.22. The molecule has 5 nitrogen and oxygen atoms in total. The van der Waals surface area contributed by atoms with E-state index >= 15 is 0 Å². The van der Waals surface area contributed by atoms with Gasteiger partial charge in [0.1, 0.15) is 5.69 Å². The van der Waals surface area contributed by atoms with Gasteiger partial charge in [0, 0.05) is 12.7 Å². The highest BCUT2D eigenvalue weighted by Gasteiger charge is 2.24. The second kappa shape index (κ2) is 5.82. The van der Waals surface area contributed by atoms with Gasteiger partial charge in [-0.1, -0.05) is 27.7 Å². The average molecular weight is 264 g/mol. The van der Waals surface area contributed by atoms with Crippen LogP contribution in [0, 0.1) is 11.3 Å². The number of hydrogen-bond donors (Lipinski definition) is 2. The molecule has 0 unspecified atom stereocenters. The van der Waals surface area contributed by atoms with Crippen LogP contribution >= 0.6 is 0 Å². The first-order valence-electron chi connectivity index (χ1n) is 6.22. The standard InChI is InChI=1S/C14H20N2O3/c1-9(2)14(3,4)8-16-12(17)11-10(13(18)19)6-5-7-15-11/h5-7,9H,8H2,1-4H3,(H,16,17)(H,18,19). The number of carbonyl (C=O) groups excluding carboxylic acids is 1.